The third-order valence-electron chi connectivity index (χ3n) is 4.35. The monoisotopic (exact) mass is 421 g/mol. The number of carbonyl (C=O) groups excluding carboxylic acids is 2. The highest BCUT2D eigenvalue weighted by atomic mass is 32.2. The van der Waals surface area contributed by atoms with Gasteiger partial charge in [0.05, 0.1) is 10.5 Å². The number of hydrogen-bond acceptors (Lipinski definition) is 6. The number of esters is 1. The van der Waals surface area contributed by atoms with Gasteiger partial charge in [-0.1, -0.05) is 61.2 Å². The van der Waals surface area contributed by atoms with Gasteiger partial charge in [-0.25, -0.2) is 4.79 Å². The van der Waals surface area contributed by atoms with Crippen LogP contribution in [0, 0.1) is 10.1 Å². The number of nitro benzene ring substituents is 1. The molecular formula is C23H19NO5S. The van der Waals surface area contributed by atoms with Crippen LogP contribution in [0.4, 0.5) is 5.69 Å². The fourth-order valence-corrected chi connectivity index (χ4v) is 3.72. The molecule has 152 valence electrons. The van der Waals surface area contributed by atoms with Crippen LogP contribution in [-0.2, 0) is 4.74 Å². The normalized spacial score (nSPS) is 11.5. The Balaban J connectivity index is 1.77. The maximum atomic E-state index is 12.8. The number of nitro groups is 1. The molecule has 7 heteroatoms. The van der Waals surface area contributed by atoms with Crippen molar-refractivity contribution in [2.75, 3.05) is 0 Å². The van der Waals surface area contributed by atoms with Crippen molar-refractivity contribution < 1.29 is 19.2 Å². The maximum Gasteiger partial charge on any atom is 0.340 e. The van der Waals surface area contributed by atoms with Gasteiger partial charge >= 0.3 is 5.97 Å². The van der Waals surface area contributed by atoms with E-state index in [2.05, 4.69) is 0 Å². The van der Waals surface area contributed by atoms with Crippen molar-refractivity contribution in [2.24, 2.45) is 0 Å². The van der Waals surface area contributed by atoms with E-state index in [4.69, 9.17) is 4.74 Å². The van der Waals surface area contributed by atoms with Crippen LogP contribution in [0.2, 0.25) is 0 Å². The molecule has 0 bridgehead atoms. The second-order valence-electron chi connectivity index (χ2n) is 6.38. The summed E-state index contributed by atoms with van der Waals surface area (Å²) in [5.74, 6) is -0.830. The van der Waals surface area contributed by atoms with Crippen LogP contribution in [0.15, 0.2) is 88.7 Å². The number of ether oxygens (including phenoxy) is 1. The highest BCUT2D eigenvalue weighted by molar-refractivity contribution is 7.99. The van der Waals surface area contributed by atoms with Gasteiger partial charge in [0.1, 0.15) is 0 Å². The van der Waals surface area contributed by atoms with Crippen LogP contribution in [0.25, 0.3) is 0 Å². The molecular weight excluding hydrogens is 402 g/mol. The third-order valence-corrected chi connectivity index (χ3v) is 5.44. The molecule has 1 atom stereocenters. The van der Waals surface area contributed by atoms with E-state index in [1.165, 1.54) is 23.9 Å². The number of Topliss-reactive ketones (excluding diaryl/α,β-unsaturated/α-hetero) is 1. The summed E-state index contributed by atoms with van der Waals surface area (Å²) in [6.45, 7) is 1.79. The van der Waals surface area contributed by atoms with E-state index >= 15 is 0 Å². The first-order valence-corrected chi connectivity index (χ1v) is 10.1. The van der Waals surface area contributed by atoms with Crippen molar-refractivity contribution in [3.8, 4) is 0 Å². The lowest BCUT2D eigenvalue weighted by Crippen LogP contribution is -2.27. The van der Waals surface area contributed by atoms with Crippen molar-refractivity contribution in [1.29, 1.82) is 0 Å². The standard InChI is InChI=1S/C23H19NO5S/c1-2-20(22(25)16-8-4-3-5-9-16)29-23(26)19-10-6-7-11-21(19)30-18-14-12-17(13-15-18)24(27)28/h3-15,20H,2H2,1H3/t20-/m0/s1. The van der Waals surface area contributed by atoms with E-state index in [0.29, 0.717) is 22.4 Å². The Labute approximate surface area is 178 Å². The van der Waals surface area contributed by atoms with Gasteiger partial charge in [0.15, 0.2) is 6.10 Å². The summed E-state index contributed by atoms with van der Waals surface area (Å²) in [6, 6.07) is 21.7. The molecule has 0 saturated heterocycles. The minimum atomic E-state index is -0.877. The summed E-state index contributed by atoms with van der Waals surface area (Å²) in [4.78, 5) is 37.2. The Kier molecular flexibility index (Phi) is 6.98. The SMILES string of the molecule is CC[C@H](OC(=O)c1ccccc1Sc1ccc([N+](=O)[O-])cc1)C(=O)c1ccccc1. The van der Waals surface area contributed by atoms with E-state index in [0.717, 1.165) is 4.90 Å². The fourth-order valence-electron chi connectivity index (χ4n) is 2.79. The molecule has 0 aromatic heterocycles. The van der Waals surface area contributed by atoms with E-state index in [-0.39, 0.29) is 11.5 Å². The number of ketones is 1. The minimum Gasteiger partial charge on any atom is -0.450 e. The first-order valence-electron chi connectivity index (χ1n) is 9.31. The topological polar surface area (TPSA) is 86.5 Å². The summed E-state index contributed by atoms with van der Waals surface area (Å²) >= 11 is 1.29. The summed E-state index contributed by atoms with van der Waals surface area (Å²) in [5, 5.41) is 10.8. The Morgan fingerprint density at radius 3 is 2.23 bits per heavy atom. The fraction of sp³-hybridized carbons (Fsp3) is 0.130. The van der Waals surface area contributed by atoms with Crippen LogP contribution in [0.5, 0.6) is 0 Å². The van der Waals surface area contributed by atoms with Crippen LogP contribution in [-0.4, -0.2) is 22.8 Å². The molecule has 0 radical (unpaired) electrons. The molecule has 0 heterocycles. The molecule has 0 unspecified atom stereocenters. The molecule has 0 spiro atoms. The van der Waals surface area contributed by atoms with Gasteiger partial charge < -0.3 is 4.74 Å². The lowest BCUT2D eigenvalue weighted by Gasteiger charge is -2.16. The Morgan fingerprint density at radius 2 is 1.60 bits per heavy atom. The molecule has 6 nitrogen and oxygen atoms in total. The predicted molar refractivity (Wildman–Crippen MR) is 114 cm³/mol. The number of rotatable bonds is 8. The Bertz CT molecular complexity index is 1050. The lowest BCUT2D eigenvalue weighted by molar-refractivity contribution is -0.384. The average Bonchev–Trinajstić information content (AvgIpc) is 2.78. The van der Waals surface area contributed by atoms with Crippen molar-refractivity contribution in [3.63, 3.8) is 0 Å². The van der Waals surface area contributed by atoms with E-state index < -0.39 is 17.0 Å². The van der Waals surface area contributed by atoms with Crippen LogP contribution < -0.4 is 0 Å². The second kappa shape index (κ2) is 9.84. The number of hydrogen-bond donors (Lipinski definition) is 0. The summed E-state index contributed by atoms with van der Waals surface area (Å²) in [5.41, 5.74) is 0.822. The van der Waals surface area contributed by atoms with Gasteiger partial charge in [-0.05, 0) is 30.7 Å². The third kappa shape index (κ3) is 5.12. The van der Waals surface area contributed by atoms with Gasteiger partial charge in [0, 0.05) is 27.5 Å². The van der Waals surface area contributed by atoms with Crippen molar-refractivity contribution in [3.05, 3.63) is 100 Å². The zero-order chi connectivity index (χ0) is 21.5. The summed E-state index contributed by atoms with van der Waals surface area (Å²) in [6.07, 6.45) is -0.519. The zero-order valence-corrected chi connectivity index (χ0v) is 17.0. The molecule has 0 aliphatic heterocycles. The molecule has 0 fully saturated rings. The first-order chi connectivity index (χ1) is 14.5. The molecule has 3 aromatic carbocycles. The molecule has 0 aliphatic rings. The lowest BCUT2D eigenvalue weighted by atomic mass is 10.0. The van der Waals surface area contributed by atoms with Crippen molar-refractivity contribution >= 4 is 29.2 Å². The second-order valence-corrected chi connectivity index (χ2v) is 7.50. The van der Waals surface area contributed by atoms with Crippen LogP contribution >= 0.6 is 11.8 Å². The number of benzene rings is 3. The van der Waals surface area contributed by atoms with Crippen molar-refractivity contribution in [2.45, 2.75) is 29.2 Å². The van der Waals surface area contributed by atoms with Gasteiger partial charge in [0.2, 0.25) is 5.78 Å². The van der Waals surface area contributed by atoms with Gasteiger partial charge in [-0.3, -0.25) is 14.9 Å². The molecule has 3 aromatic rings. The van der Waals surface area contributed by atoms with Crippen molar-refractivity contribution in [1.82, 2.24) is 0 Å². The van der Waals surface area contributed by atoms with Crippen LogP contribution in [0.1, 0.15) is 34.1 Å². The molecule has 0 amide bonds. The molecule has 0 N–H and O–H groups in total. The smallest absolute Gasteiger partial charge is 0.340 e. The zero-order valence-electron chi connectivity index (χ0n) is 16.2. The Hall–Kier alpha value is -3.45. The average molecular weight is 421 g/mol. The van der Waals surface area contributed by atoms with Gasteiger partial charge in [-0.15, -0.1) is 0 Å². The van der Waals surface area contributed by atoms with Gasteiger partial charge in [-0.2, -0.15) is 0 Å². The highest BCUT2D eigenvalue weighted by Gasteiger charge is 2.24. The molecule has 3 rings (SSSR count). The quantitative estimate of drug-likeness (QED) is 0.205. The Morgan fingerprint density at radius 1 is 0.967 bits per heavy atom. The van der Waals surface area contributed by atoms with E-state index in [1.807, 2.05) is 6.07 Å². The molecule has 30 heavy (non-hydrogen) atoms. The van der Waals surface area contributed by atoms with Crippen LogP contribution in [0.3, 0.4) is 0 Å². The maximum absolute atomic E-state index is 12.8. The number of nitrogens with zero attached hydrogens (tertiary/aromatic N) is 1. The summed E-state index contributed by atoms with van der Waals surface area (Å²) in [7, 11) is 0. The van der Waals surface area contributed by atoms with E-state index in [1.54, 1.807) is 67.6 Å². The van der Waals surface area contributed by atoms with E-state index in [9.17, 15) is 19.7 Å². The number of carbonyl (C=O) groups is 2. The van der Waals surface area contributed by atoms with Gasteiger partial charge in [0.25, 0.3) is 5.69 Å². The molecule has 0 saturated carbocycles. The minimum absolute atomic E-state index is 0.00254. The summed E-state index contributed by atoms with van der Waals surface area (Å²) < 4.78 is 5.54. The highest BCUT2D eigenvalue weighted by Crippen LogP contribution is 2.32. The molecule has 0 aliphatic carbocycles. The number of non-ortho nitro benzene ring substituents is 1. The first kappa shape index (κ1) is 21.3. The largest absolute Gasteiger partial charge is 0.450 e. The predicted octanol–water partition coefficient (Wildman–Crippen LogP) is 5.56.